The van der Waals surface area contributed by atoms with Crippen LogP contribution in [-0.2, 0) is 4.74 Å². The Hall–Kier alpha value is -1.59. The summed E-state index contributed by atoms with van der Waals surface area (Å²) in [7, 11) is 0. The van der Waals surface area contributed by atoms with Crippen LogP contribution in [-0.4, -0.2) is 17.7 Å². The zero-order valence-electron chi connectivity index (χ0n) is 9.64. The van der Waals surface area contributed by atoms with Gasteiger partial charge in [-0.1, -0.05) is 23.7 Å². The Morgan fingerprint density at radius 3 is 2.83 bits per heavy atom. The van der Waals surface area contributed by atoms with Crippen molar-refractivity contribution in [1.82, 2.24) is 4.98 Å². The van der Waals surface area contributed by atoms with Crippen molar-refractivity contribution >= 4 is 34.2 Å². The Labute approximate surface area is 114 Å². The highest BCUT2D eigenvalue weighted by atomic mass is 35.5. The lowest BCUT2D eigenvalue weighted by Crippen LogP contribution is -2.12. The molecule has 1 amide bonds. The number of aromatic nitrogens is 1. The van der Waals surface area contributed by atoms with Gasteiger partial charge in [-0.05, 0) is 19.1 Å². The Balaban J connectivity index is 2.10. The fourth-order valence-electron chi connectivity index (χ4n) is 1.34. The highest BCUT2D eigenvalue weighted by Gasteiger charge is 2.08. The van der Waals surface area contributed by atoms with E-state index in [0.717, 1.165) is 11.3 Å². The largest absolute Gasteiger partial charge is 0.450 e. The molecule has 6 heteroatoms. The Bertz CT molecular complexity index is 539. The summed E-state index contributed by atoms with van der Waals surface area (Å²) in [5, 5.41) is 5.62. The lowest BCUT2D eigenvalue weighted by atomic mass is 10.2. The average molecular weight is 283 g/mol. The van der Waals surface area contributed by atoms with Gasteiger partial charge in [0.15, 0.2) is 5.13 Å². The maximum Gasteiger partial charge on any atom is 0.413 e. The number of amides is 1. The van der Waals surface area contributed by atoms with Crippen molar-refractivity contribution in [3.63, 3.8) is 0 Å². The van der Waals surface area contributed by atoms with Crippen molar-refractivity contribution in [3.05, 3.63) is 34.7 Å². The number of carbonyl (C=O) groups is 1. The molecule has 0 atom stereocenters. The first-order chi connectivity index (χ1) is 8.69. The first-order valence-corrected chi connectivity index (χ1v) is 6.60. The van der Waals surface area contributed by atoms with Crippen LogP contribution in [0.3, 0.4) is 0 Å². The Morgan fingerprint density at radius 1 is 1.44 bits per heavy atom. The molecule has 0 saturated carbocycles. The molecule has 0 aliphatic carbocycles. The van der Waals surface area contributed by atoms with E-state index in [4.69, 9.17) is 16.3 Å². The van der Waals surface area contributed by atoms with E-state index in [9.17, 15) is 4.79 Å². The number of anilines is 1. The first kappa shape index (κ1) is 12.9. The minimum Gasteiger partial charge on any atom is -0.450 e. The lowest BCUT2D eigenvalue weighted by Gasteiger charge is -2.00. The summed E-state index contributed by atoms with van der Waals surface area (Å²) in [5.74, 6) is 0. The molecule has 1 heterocycles. The van der Waals surface area contributed by atoms with E-state index in [1.807, 2.05) is 17.5 Å². The monoisotopic (exact) mass is 282 g/mol. The molecule has 0 fully saturated rings. The normalized spacial score (nSPS) is 10.1. The second-order valence-electron chi connectivity index (χ2n) is 3.39. The SMILES string of the molecule is CCOC(=O)Nc1nc(-c2ccc(Cl)cc2)cs1. The van der Waals surface area contributed by atoms with Crippen LogP contribution >= 0.6 is 22.9 Å². The molecule has 2 rings (SSSR count). The van der Waals surface area contributed by atoms with Gasteiger partial charge in [0.25, 0.3) is 0 Å². The lowest BCUT2D eigenvalue weighted by molar-refractivity contribution is 0.168. The number of ether oxygens (including phenoxy) is 1. The number of hydrogen-bond acceptors (Lipinski definition) is 4. The summed E-state index contributed by atoms with van der Waals surface area (Å²) in [6, 6.07) is 7.36. The van der Waals surface area contributed by atoms with Gasteiger partial charge in [-0.15, -0.1) is 11.3 Å². The minimum absolute atomic E-state index is 0.335. The third-order valence-corrected chi connectivity index (χ3v) is 3.14. The van der Waals surface area contributed by atoms with E-state index in [1.165, 1.54) is 11.3 Å². The van der Waals surface area contributed by atoms with Gasteiger partial charge in [0.1, 0.15) is 0 Å². The molecule has 0 bridgehead atoms. The second kappa shape index (κ2) is 5.84. The summed E-state index contributed by atoms with van der Waals surface area (Å²) in [5.41, 5.74) is 1.75. The van der Waals surface area contributed by atoms with Gasteiger partial charge in [0.05, 0.1) is 12.3 Å². The average Bonchev–Trinajstić information content (AvgIpc) is 2.78. The molecule has 1 aromatic carbocycles. The minimum atomic E-state index is -0.491. The number of hydrogen-bond donors (Lipinski definition) is 1. The zero-order chi connectivity index (χ0) is 13.0. The maximum absolute atomic E-state index is 11.2. The number of halogens is 1. The molecule has 94 valence electrons. The molecule has 0 radical (unpaired) electrons. The van der Waals surface area contributed by atoms with Gasteiger partial charge in [0, 0.05) is 16.0 Å². The van der Waals surface area contributed by atoms with Crippen LogP contribution in [0.15, 0.2) is 29.6 Å². The summed E-state index contributed by atoms with van der Waals surface area (Å²) in [4.78, 5) is 15.5. The second-order valence-corrected chi connectivity index (χ2v) is 4.68. The van der Waals surface area contributed by atoms with E-state index in [-0.39, 0.29) is 0 Å². The van der Waals surface area contributed by atoms with Crippen LogP contribution in [0.25, 0.3) is 11.3 Å². The number of benzene rings is 1. The number of carbonyl (C=O) groups excluding carboxylic acids is 1. The van der Waals surface area contributed by atoms with Crippen LogP contribution in [0.5, 0.6) is 0 Å². The molecule has 0 unspecified atom stereocenters. The zero-order valence-corrected chi connectivity index (χ0v) is 11.2. The third-order valence-electron chi connectivity index (χ3n) is 2.13. The van der Waals surface area contributed by atoms with Gasteiger partial charge in [-0.25, -0.2) is 9.78 Å². The molecule has 0 aliphatic heterocycles. The van der Waals surface area contributed by atoms with Crippen LogP contribution < -0.4 is 5.32 Å². The standard InChI is InChI=1S/C12H11ClN2O2S/c1-2-17-12(16)15-11-14-10(7-18-11)8-3-5-9(13)6-4-8/h3-7H,2H2,1H3,(H,14,15,16). The number of nitrogens with zero attached hydrogens (tertiary/aromatic N) is 1. The summed E-state index contributed by atoms with van der Waals surface area (Å²) in [6.45, 7) is 2.09. The molecule has 1 aromatic heterocycles. The number of nitrogens with one attached hydrogen (secondary N) is 1. The third kappa shape index (κ3) is 3.21. The van der Waals surface area contributed by atoms with Crippen LogP contribution in [0.1, 0.15) is 6.92 Å². The fraction of sp³-hybridized carbons (Fsp3) is 0.167. The van der Waals surface area contributed by atoms with Gasteiger partial charge in [-0.2, -0.15) is 0 Å². The topological polar surface area (TPSA) is 51.2 Å². The van der Waals surface area contributed by atoms with Crippen LogP contribution in [0.4, 0.5) is 9.93 Å². The molecular formula is C12H11ClN2O2S. The summed E-state index contributed by atoms with van der Waals surface area (Å²) in [6.07, 6.45) is -0.491. The molecule has 0 aliphatic rings. The highest BCUT2D eigenvalue weighted by Crippen LogP contribution is 2.25. The van der Waals surface area contributed by atoms with Crippen LogP contribution in [0, 0.1) is 0 Å². The molecule has 1 N–H and O–H groups in total. The van der Waals surface area contributed by atoms with Crippen molar-refractivity contribution in [1.29, 1.82) is 0 Å². The smallest absolute Gasteiger partial charge is 0.413 e. The van der Waals surface area contributed by atoms with E-state index in [1.54, 1.807) is 19.1 Å². The molecule has 0 spiro atoms. The van der Waals surface area contributed by atoms with Crippen molar-refractivity contribution < 1.29 is 9.53 Å². The number of rotatable bonds is 3. The quantitative estimate of drug-likeness (QED) is 0.924. The van der Waals surface area contributed by atoms with E-state index in [0.29, 0.717) is 16.8 Å². The predicted octanol–water partition coefficient (Wildman–Crippen LogP) is 4.03. The fourth-order valence-corrected chi connectivity index (χ4v) is 2.17. The molecular weight excluding hydrogens is 272 g/mol. The van der Waals surface area contributed by atoms with Crippen molar-refractivity contribution in [2.24, 2.45) is 0 Å². The van der Waals surface area contributed by atoms with Crippen molar-refractivity contribution in [2.75, 3.05) is 11.9 Å². The first-order valence-electron chi connectivity index (χ1n) is 5.34. The van der Waals surface area contributed by atoms with Crippen molar-refractivity contribution in [3.8, 4) is 11.3 Å². The Kier molecular flexibility index (Phi) is 4.17. The maximum atomic E-state index is 11.2. The van der Waals surface area contributed by atoms with Gasteiger partial charge in [-0.3, -0.25) is 5.32 Å². The van der Waals surface area contributed by atoms with Gasteiger partial charge in [0.2, 0.25) is 0 Å². The molecule has 4 nitrogen and oxygen atoms in total. The van der Waals surface area contributed by atoms with E-state index < -0.39 is 6.09 Å². The van der Waals surface area contributed by atoms with Gasteiger partial charge >= 0.3 is 6.09 Å². The molecule has 2 aromatic rings. The highest BCUT2D eigenvalue weighted by molar-refractivity contribution is 7.14. The van der Waals surface area contributed by atoms with Gasteiger partial charge < -0.3 is 4.74 Å². The Morgan fingerprint density at radius 2 is 2.17 bits per heavy atom. The number of thiazole rings is 1. The molecule has 18 heavy (non-hydrogen) atoms. The predicted molar refractivity (Wildman–Crippen MR) is 73.2 cm³/mol. The molecule has 0 saturated heterocycles. The van der Waals surface area contributed by atoms with E-state index >= 15 is 0 Å². The summed E-state index contributed by atoms with van der Waals surface area (Å²) >= 11 is 7.16. The summed E-state index contributed by atoms with van der Waals surface area (Å²) < 4.78 is 4.78. The van der Waals surface area contributed by atoms with Crippen molar-refractivity contribution in [2.45, 2.75) is 6.92 Å². The van der Waals surface area contributed by atoms with E-state index in [2.05, 4.69) is 10.3 Å². The van der Waals surface area contributed by atoms with Crippen LogP contribution in [0.2, 0.25) is 5.02 Å².